The van der Waals surface area contributed by atoms with E-state index in [1.807, 2.05) is 18.2 Å². The predicted octanol–water partition coefficient (Wildman–Crippen LogP) is 2.65. The van der Waals surface area contributed by atoms with Gasteiger partial charge in [-0.05, 0) is 61.1 Å². The molecule has 0 amide bonds. The van der Waals surface area contributed by atoms with Gasteiger partial charge in [0.25, 0.3) is 0 Å². The van der Waals surface area contributed by atoms with Crippen molar-refractivity contribution in [2.75, 3.05) is 14.2 Å². The molecule has 3 atom stereocenters. The van der Waals surface area contributed by atoms with Crippen LogP contribution in [0, 0.1) is 17.8 Å². The van der Waals surface area contributed by atoms with Gasteiger partial charge in [0.1, 0.15) is 0 Å². The third-order valence-electron chi connectivity index (χ3n) is 4.72. The summed E-state index contributed by atoms with van der Waals surface area (Å²) in [5.41, 5.74) is 1.12. The zero-order valence-electron chi connectivity index (χ0n) is 11.6. The third-order valence-corrected chi connectivity index (χ3v) is 4.72. The molecule has 0 radical (unpaired) electrons. The number of aliphatic hydroxyl groups excluding tert-OH is 1. The SMILES string of the molecule is COc1ccc(CC(O)C2CC3CC3C2)cc1OC. The molecule has 0 saturated heterocycles. The highest BCUT2D eigenvalue weighted by atomic mass is 16.5. The highest BCUT2D eigenvalue weighted by Gasteiger charge is 2.47. The highest BCUT2D eigenvalue weighted by Crippen LogP contribution is 2.55. The van der Waals surface area contributed by atoms with Crippen LogP contribution in [0.3, 0.4) is 0 Å². The van der Waals surface area contributed by atoms with Crippen molar-refractivity contribution >= 4 is 0 Å². The number of fused-ring (bicyclic) bond motifs is 1. The van der Waals surface area contributed by atoms with Gasteiger partial charge in [0, 0.05) is 0 Å². The maximum Gasteiger partial charge on any atom is 0.160 e. The fraction of sp³-hybridized carbons (Fsp3) is 0.625. The number of hydrogen-bond donors (Lipinski definition) is 1. The average Bonchev–Trinajstić information content (AvgIpc) is 3.04. The molecule has 104 valence electrons. The second kappa shape index (κ2) is 5.04. The van der Waals surface area contributed by atoms with Gasteiger partial charge < -0.3 is 14.6 Å². The van der Waals surface area contributed by atoms with Gasteiger partial charge in [-0.25, -0.2) is 0 Å². The molecule has 2 aliphatic carbocycles. The fourth-order valence-electron chi connectivity index (χ4n) is 3.49. The fourth-order valence-corrected chi connectivity index (χ4v) is 3.49. The Balaban J connectivity index is 1.65. The Hall–Kier alpha value is -1.22. The Labute approximate surface area is 114 Å². The Morgan fingerprint density at radius 2 is 1.79 bits per heavy atom. The van der Waals surface area contributed by atoms with Gasteiger partial charge in [0.05, 0.1) is 20.3 Å². The summed E-state index contributed by atoms with van der Waals surface area (Å²) in [5, 5.41) is 10.4. The molecule has 1 aromatic carbocycles. The number of ether oxygens (including phenoxy) is 2. The number of methoxy groups -OCH3 is 2. The van der Waals surface area contributed by atoms with Gasteiger partial charge in [-0.15, -0.1) is 0 Å². The second-order valence-electron chi connectivity index (χ2n) is 5.95. The van der Waals surface area contributed by atoms with Crippen molar-refractivity contribution in [3.63, 3.8) is 0 Å². The topological polar surface area (TPSA) is 38.7 Å². The zero-order valence-corrected chi connectivity index (χ0v) is 11.6. The van der Waals surface area contributed by atoms with Crippen LogP contribution < -0.4 is 9.47 Å². The van der Waals surface area contributed by atoms with E-state index in [1.54, 1.807) is 14.2 Å². The van der Waals surface area contributed by atoms with E-state index in [0.29, 0.717) is 12.3 Å². The minimum atomic E-state index is -0.217. The molecule has 3 heteroatoms. The van der Waals surface area contributed by atoms with E-state index in [-0.39, 0.29) is 6.10 Å². The Morgan fingerprint density at radius 3 is 2.42 bits per heavy atom. The van der Waals surface area contributed by atoms with Gasteiger partial charge in [0.15, 0.2) is 11.5 Å². The molecule has 3 nitrogen and oxygen atoms in total. The lowest BCUT2D eigenvalue weighted by Gasteiger charge is -2.20. The standard InChI is InChI=1S/C16H22O3/c1-18-15-4-3-10(6-16(15)19-2)5-14(17)13-8-11-7-12(11)9-13/h3-4,6,11-14,17H,5,7-9H2,1-2H3. The summed E-state index contributed by atoms with van der Waals surface area (Å²) in [5.74, 6) is 3.82. The number of hydrogen-bond acceptors (Lipinski definition) is 3. The quantitative estimate of drug-likeness (QED) is 0.886. The molecule has 0 aliphatic heterocycles. The molecule has 3 unspecified atom stereocenters. The van der Waals surface area contributed by atoms with Crippen molar-refractivity contribution in [3.8, 4) is 11.5 Å². The van der Waals surface area contributed by atoms with Gasteiger partial charge in [0.2, 0.25) is 0 Å². The molecule has 2 aliphatic rings. The van der Waals surface area contributed by atoms with E-state index in [0.717, 1.165) is 28.9 Å². The molecule has 2 saturated carbocycles. The van der Waals surface area contributed by atoms with Gasteiger partial charge in [-0.2, -0.15) is 0 Å². The third kappa shape index (κ3) is 2.57. The molecule has 19 heavy (non-hydrogen) atoms. The van der Waals surface area contributed by atoms with Crippen LogP contribution in [-0.2, 0) is 6.42 Å². The van der Waals surface area contributed by atoms with Crippen LogP contribution in [-0.4, -0.2) is 25.4 Å². The second-order valence-corrected chi connectivity index (χ2v) is 5.95. The summed E-state index contributed by atoms with van der Waals surface area (Å²) in [4.78, 5) is 0. The molecule has 1 aromatic rings. The molecule has 1 N–H and O–H groups in total. The summed E-state index contributed by atoms with van der Waals surface area (Å²) in [6, 6.07) is 5.89. The van der Waals surface area contributed by atoms with Crippen LogP contribution >= 0.6 is 0 Å². The maximum absolute atomic E-state index is 10.4. The van der Waals surface area contributed by atoms with E-state index in [2.05, 4.69) is 0 Å². The number of aliphatic hydroxyl groups is 1. The first kappa shape index (κ1) is 12.8. The van der Waals surface area contributed by atoms with Crippen molar-refractivity contribution in [1.29, 1.82) is 0 Å². The minimum absolute atomic E-state index is 0.217. The van der Waals surface area contributed by atoms with Crippen LogP contribution in [0.4, 0.5) is 0 Å². The van der Waals surface area contributed by atoms with Gasteiger partial charge >= 0.3 is 0 Å². The maximum atomic E-state index is 10.4. The molecular weight excluding hydrogens is 240 g/mol. The van der Waals surface area contributed by atoms with Crippen molar-refractivity contribution in [2.24, 2.45) is 17.8 Å². The number of benzene rings is 1. The number of rotatable bonds is 5. The van der Waals surface area contributed by atoms with Crippen LogP contribution in [0.25, 0.3) is 0 Å². The first-order valence-corrected chi connectivity index (χ1v) is 7.10. The first-order chi connectivity index (χ1) is 9.21. The summed E-state index contributed by atoms with van der Waals surface area (Å²) < 4.78 is 10.5. The molecule has 0 spiro atoms. The van der Waals surface area contributed by atoms with E-state index < -0.39 is 0 Å². The van der Waals surface area contributed by atoms with Gasteiger partial charge in [-0.3, -0.25) is 0 Å². The van der Waals surface area contributed by atoms with E-state index in [4.69, 9.17) is 9.47 Å². The molecule has 0 aromatic heterocycles. The van der Waals surface area contributed by atoms with E-state index >= 15 is 0 Å². The summed E-state index contributed by atoms with van der Waals surface area (Å²) in [7, 11) is 3.28. The minimum Gasteiger partial charge on any atom is -0.493 e. The predicted molar refractivity (Wildman–Crippen MR) is 73.6 cm³/mol. The van der Waals surface area contributed by atoms with Crippen molar-refractivity contribution in [2.45, 2.75) is 31.8 Å². The highest BCUT2D eigenvalue weighted by molar-refractivity contribution is 5.43. The largest absolute Gasteiger partial charge is 0.493 e. The van der Waals surface area contributed by atoms with Crippen molar-refractivity contribution < 1.29 is 14.6 Å². The molecule has 3 rings (SSSR count). The Kier molecular flexibility index (Phi) is 3.40. The molecule has 0 heterocycles. The van der Waals surface area contributed by atoms with E-state index in [9.17, 15) is 5.11 Å². The van der Waals surface area contributed by atoms with Crippen LogP contribution in [0.1, 0.15) is 24.8 Å². The lowest BCUT2D eigenvalue weighted by Crippen LogP contribution is -2.21. The van der Waals surface area contributed by atoms with Crippen molar-refractivity contribution in [1.82, 2.24) is 0 Å². The Morgan fingerprint density at radius 1 is 1.11 bits per heavy atom. The molecule has 2 fully saturated rings. The van der Waals surface area contributed by atoms with Crippen molar-refractivity contribution in [3.05, 3.63) is 23.8 Å². The van der Waals surface area contributed by atoms with E-state index in [1.165, 1.54) is 19.3 Å². The molecule has 0 bridgehead atoms. The Bertz CT molecular complexity index is 447. The smallest absolute Gasteiger partial charge is 0.160 e. The van der Waals surface area contributed by atoms with Gasteiger partial charge in [-0.1, -0.05) is 6.07 Å². The van der Waals surface area contributed by atoms with Crippen LogP contribution in [0.2, 0.25) is 0 Å². The van der Waals surface area contributed by atoms with Crippen LogP contribution in [0.15, 0.2) is 18.2 Å². The lowest BCUT2D eigenvalue weighted by molar-refractivity contribution is 0.104. The first-order valence-electron chi connectivity index (χ1n) is 7.10. The normalized spacial score (nSPS) is 29.7. The van der Waals surface area contributed by atoms with Crippen LogP contribution in [0.5, 0.6) is 11.5 Å². The monoisotopic (exact) mass is 262 g/mol. The molecular formula is C16H22O3. The lowest BCUT2D eigenvalue weighted by atomic mass is 9.92. The average molecular weight is 262 g/mol. The zero-order chi connectivity index (χ0) is 13.4. The summed E-state index contributed by atoms with van der Waals surface area (Å²) in [6.07, 6.45) is 4.34. The summed E-state index contributed by atoms with van der Waals surface area (Å²) in [6.45, 7) is 0. The summed E-state index contributed by atoms with van der Waals surface area (Å²) >= 11 is 0.